The molecule has 0 atom stereocenters. The minimum Gasteiger partial charge on any atom is -0.326 e. The van der Waals surface area contributed by atoms with Crippen LogP contribution in [0.25, 0.3) is 0 Å². The lowest BCUT2D eigenvalue weighted by Crippen LogP contribution is -2.07. The number of hydrogen-bond donors (Lipinski definition) is 1. The molecule has 2 nitrogen and oxygen atoms in total. The minimum absolute atomic E-state index is 0.0521. The Morgan fingerprint density at radius 3 is 2.75 bits per heavy atom. The van der Waals surface area contributed by atoms with E-state index in [2.05, 4.69) is 12.2 Å². The lowest BCUT2D eigenvalue weighted by molar-refractivity contribution is -0.114. The molecular weight excluding hydrogens is 150 g/mol. The number of amides is 1. The molecule has 63 valence electrons. The van der Waals surface area contributed by atoms with Crippen molar-refractivity contribution in [2.24, 2.45) is 0 Å². The number of benzene rings is 1. The van der Waals surface area contributed by atoms with Gasteiger partial charge in [-0.15, -0.1) is 0 Å². The first-order valence-electron chi connectivity index (χ1n) is 3.80. The van der Waals surface area contributed by atoms with Gasteiger partial charge in [-0.05, 0) is 31.0 Å². The lowest BCUT2D eigenvalue weighted by Gasteiger charge is -2.07. The maximum atomic E-state index is 10.7. The van der Waals surface area contributed by atoms with Crippen molar-refractivity contribution in [2.75, 3.05) is 5.32 Å². The molecule has 0 fully saturated rings. The van der Waals surface area contributed by atoms with Gasteiger partial charge in [0.15, 0.2) is 0 Å². The van der Waals surface area contributed by atoms with Crippen LogP contribution in [0.1, 0.15) is 18.1 Å². The fourth-order valence-corrected chi connectivity index (χ4v) is 1.01. The number of carbonyl (C=O) groups is 1. The van der Waals surface area contributed by atoms with Crippen molar-refractivity contribution in [2.45, 2.75) is 13.8 Å². The van der Waals surface area contributed by atoms with E-state index in [0.717, 1.165) is 16.8 Å². The first-order valence-corrected chi connectivity index (χ1v) is 3.80. The summed E-state index contributed by atoms with van der Waals surface area (Å²) in [5.41, 5.74) is 2.81. The number of anilines is 1. The Labute approximate surface area is 72.6 Å². The molecule has 1 aromatic carbocycles. The van der Waals surface area contributed by atoms with Crippen LogP contribution in [0.5, 0.6) is 0 Å². The van der Waals surface area contributed by atoms with Gasteiger partial charge in [0, 0.05) is 12.6 Å². The van der Waals surface area contributed by atoms with Crippen molar-refractivity contribution >= 4 is 11.6 Å². The Kier molecular flexibility index (Phi) is 2.48. The molecule has 0 bridgehead atoms. The molecule has 0 aliphatic heterocycles. The van der Waals surface area contributed by atoms with E-state index in [4.69, 9.17) is 0 Å². The molecule has 0 heterocycles. The van der Waals surface area contributed by atoms with E-state index < -0.39 is 0 Å². The van der Waals surface area contributed by atoms with Crippen LogP contribution in [-0.2, 0) is 4.79 Å². The third kappa shape index (κ3) is 1.84. The van der Waals surface area contributed by atoms with Crippen molar-refractivity contribution in [1.29, 1.82) is 0 Å². The Morgan fingerprint density at radius 2 is 2.17 bits per heavy atom. The van der Waals surface area contributed by atoms with Gasteiger partial charge < -0.3 is 5.32 Å². The van der Waals surface area contributed by atoms with E-state index in [1.54, 1.807) is 0 Å². The molecule has 0 aromatic heterocycles. The molecule has 0 unspecified atom stereocenters. The molecule has 0 saturated heterocycles. The zero-order chi connectivity index (χ0) is 9.14. The van der Waals surface area contributed by atoms with Crippen molar-refractivity contribution in [1.82, 2.24) is 0 Å². The molecule has 0 aliphatic carbocycles. The monoisotopic (exact) mass is 162 g/mol. The van der Waals surface area contributed by atoms with Crippen LogP contribution < -0.4 is 5.32 Å². The van der Waals surface area contributed by atoms with E-state index in [-0.39, 0.29) is 5.91 Å². The SMILES string of the molecule is [CH2]c1cccc(NC(C)=O)c1C. The highest BCUT2D eigenvalue weighted by Crippen LogP contribution is 2.17. The van der Waals surface area contributed by atoms with E-state index in [9.17, 15) is 4.79 Å². The van der Waals surface area contributed by atoms with E-state index in [1.165, 1.54) is 6.92 Å². The molecule has 0 spiro atoms. The number of nitrogens with one attached hydrogen (secondary N) is 1. The predicted octanol–water partition coefficient (Wildman–Crippen LogP) is 2.14. The largest absolute Gasteiger partial charge is 0.326 e. The normalized spacial score (nSPS) is 9.58. The van der Waals surface area contributed by atoms with Crippen LogP contribution in [0.3, 0.4) is 0 Å². The fraction of sp³-hybridized carbons (Fsp3) is 0.200. The molecule has 1 aromatic rings. The second-order valence-corrected chi connectivity index (χ2v) is 2.77. The Bertz CT molecular complexity index is 305. The molecule has 1 rings (SSSR count). The molecule has 1 radical (unpaired) electrons. The highest BCUT2D eigenvalue weighted by atomic mass is 16.1. The standard InChI is InChI=1S/C10H12NO/c1-7-5-4-6-10(8(7)2)11-9(3)12/h4-6H,1H2,2-3H3,(H,11,12). The summed E-state index contributed by atoms with van der Waals surface area (Å²) in [5.74, 6) is -0.0521. The molecule has 0 aliphatic rings. The molecule has 12 heavy (non-hydrogen) atoms. The third-order valence-electron chi connectivity index (χ3n) is 1.76. The minimum atomic E-state index is -0.0521. The second kappa shape index (κ2) is 3.39. The Balaban J connectivity index is 3.00. The first kappa shape index (κ1) is 8.78. The zero-order valence-corrected chi connectivity index (χ0v) is 7.35. The summed E-state index contributed by atoms with van der Waals surface area (Å²) >= 11 is 0. The molecule has 1 amide bonds. The van der Waals surface area contributed by atoms with Crippen LogP contribution in [0.15, 0.2) is 18.2 Å². The van der Waals surface area contributed by atoms with Crippen LogP contribution in [0.4, 0.5) is 5.69 Å². The smallest absolute Gasteiger partial charge is 0.221 e. The maximum absolute atomic E-state index is 10.7. The van der Waals surface area contributed by atoms with Crippen LogP contribution in [-0.4, -0.2) is 5.91 Å². The van der Waals surface area contributed by atoms with Crippen LogP contribution >= 0.6 is 0 Å². The van der Waals surface area contributed by atoms with Gasteiger partial charge in [0.25, 0.3) is 0 Å². The van der Waals surface area contributed by atoms with E-state index in [0.29, 0.717) is 0 Å². The summed E-state index contributed by atoms with van der Waals surface area (Å²) in [4.78, 5) is 10.7. The summed E-state index contributed by atoms with van der Waals surface area (Å²) in [6.45, 7) is 7.27. The van der Waals surface area contributed by atoms with Crippen molar-refractivity contribution < 1.29 is 4.79 Å². The van der Waals surface area contributed by atoms with Crippen LogP contribution in [0.2, 0.25) is 0 Å². The topological polar surface area (TPSA) is 29.1 Å². The summed E-state index contributed by atoms with van der Waals surface area (Å²) in [6, 6.07) is 5.66. The third-order valence-corrected chi connectivity index (χ3v) is 1.76. The summed E-state index contributed by atoms with van der Waals surface area (Å²) < 4.78 is 0. The van der Waals surface area contributed by atoms with Crippen molar-refractivity contribution in [3.63, 3.8) is 0 Å². The van der Waals surface area contributed by atoms with Gasteiger partial charge in [-0.3, -0.25) is 4.79 Å². The number of hydrogen-bond acceptors (Lipinski definition) is 1. The van der Waals surface area contributed by atoms with Crippen LogP contribution in [0, 0.1) is 13.8 Å². The van der Waals surface area contributed by atoms with Gasteiger partial charge in [0.2, 0.25) is 5.91 Å². The number of rotatable bonds is 1. The molecule has 2 heteroatoms. The van der Waals surface area contributed by atoms with Gasteiger partial charge in [-0.2, -0.15) is 0 Å². The highest BCUT2D eigenvalue weighted by Gasteiger charge is 2.00. The summed E-state index contributed by atoms with van der Waals surface area (Å²) in [5, 5.41) is 2.73. The van der Waals surface area contributed by atoms with Gasteiger partial charge >= 0.3 is 0 Å². The quantitative estimate of drug-likeness (QED) is 0.673. The average molecular weight is 162 g/mol. The lowest BCUT2D eigenvalue weighted by atomic mass is 10.1. The second-order valence-electron chi connectivity index (χ2n) is 2.77. The zero-order valence-electron chi connectivity index (χ0n) is 7.35. The van der Waals surface area contributed by atoms with Crippen molar-refractivity contribution in [3.8, 4) is 0 Å². The molecule has 0 saturated carbocycles. The predicted molar refractivity (Wildman–Crippen MR) is 49.9 cm³/mol. The van der Waals surface area contributed by atoms with Gasteiger partial charge in [0.05, 0.1) is 0 Å². The van der Waals surface area contributed by atoms with E-state index >= 15 is 0 Å². The Hall–Kier alpha value is -1.31. The van der Waals surface area contributed by atoms with Gasteiger partial charge in [-0.25, -0.2) is 0 Å². The van der Waals surface area contributed by atoms with Crippen molar-refractivity contribution in [3.05, 3.63) is 36.2 Å². The number of carbonyl (C=O) groups excluding carboxylic acids is 1. The maximum Gasteiger partial charge on any atom is 0.221 e. The molecular formula is C10H12NO. The fourth-order valence-electron chi connectivity index (χ4n) is 1.01. The summed E-state index contributed by atoms with van der Waals surface area (Å²) in [7, 11) is 0. The van der Waals surface area contributed by atoms with Gasteiger partial charge in [-0.1, -0.05) is 12.1 Å². The highest BCUT2D eigenvalue weighted by molar-refractivity contribution is 5.89. The molecule has 1 N–H and O–H groups in total. The Morgan fingerprint density at radius 1 is 1.50 bits per heavy atom. The first-order chi connectivity index (χ1) is 5.61. The summed E-state index contributed by atoms with van der Waals surface area (Å²) in [6.07, 6.45) is 0. The van der Waals surface area contributed by atoms with Gasteiger partial charge in [0.1, 0.15) is 0 Å². The average Bonchev–Trinajstić information content (AvgIpc) is 1.98. The van der Waals surface area contributed by atoms with E-state index in [1.807, 2.05) is 25.1 Å².